The van der Waals surface area contributed by atoms with E-state index in [1.54, 1.807) is 19.4 Å². The average molecular weight is 283 g/mol. The number of hydrogen-bond donors (Lipinski definition) is 1. The molecule has 1 unspecified atom stereocenters. The average Bonchev–Trinajstić information content (AvgIpc) is 2.84. The van der Waals surface area contributed by atoms with Gasteiger partial charge in [-0.2, -0.15) is 5.10 Å². The zero-order valence-electron chi connectivity index (χ0n) is 12.0. The van der Waals surface area contributed by atoms with Crippen LogP contribution < -0.4 is 4.74 Å². The molecule has 5 heteroatoms. The van der Waals surface area contributed by atoms with Crippen LogP contribution in [0.4, 0.5) is 0 Å². The second-order valence-corrected chi connectivity index (χ2v) is 4.91. The van der Waals surface area contributed by atoms with Crippen molar-refractivity contribution < 1.29 is 9.84 Å². The molecule has 0 saturated carbocycles. The van der Waals surface area contributed by atoms with Crippen LogP contribution in [-0.4, -0.2) is 27.0 Å². The van der Waals surface area contributed by atoms with Crippen molar-refractivity contribution in [1.82, 2.24) is 14.8 Å². The number of aliphatic hydroxyl groups excluding tert-OH is 1. The minimum Gasteiger partial charge on any atom is -0.481 e. The standard InChI is InChI=1S/C16H17N3O2/c1-19-14-8-4-3-6-11(14)13(18-19)10-15(20)12-7-5-9-17-16(12)21-2/h3-9,15,20H,10H2,1-2H3. The van der Waals surface area contributed by atoms with Gasteiger partial charge in [-0.1, -0.05) is 18.2 Å². The lowest BCUT2D eigenvalue weighted by molar-refractivity contribution is 0.172. The van der Waals surface area contributed by atoms with Crippen LogP contribution >= 0.6 is 0 Å². The number of hydrogen-bond acceptors (Lipinski definition) is 4. The van der Waals surface area contributed by atoms with Gasteiger partial charge in [-0.05, 0) is 18.2 Å². The fourth-order valence-electron chi connectivity index (χ4n) is 2.56. The molecule has 3 aromatic rings. The Bertz CT molecular complexity index is 767. The molecule has 0 radical (unpaired) electrons. The lowest BCUT2D eigenvalue weighted by Gasteiger charge is -2.12. The van der Waals surface area contributed by atoms with E-state index in [-0.39, 0.29) is 0 Å². The highest BCUT2D eigenvalue weighted by Gasteiger charge is 2.18. The van der Waals surface area contributed by atoms with E-state index in [0.29, 0.717) is 17.9 Å². The van der Waals surface area contributed by atoms with E-state index in [2.05, 4.69) is 10.1 Å². The number of methoxy groups -OCH3 is 1. The topological polar surface area (TPSA) is 60.2 Å². The van der Waals surface area contributed by atoms with Gasteiger partial charge in [0.15, 0.2) is 0 Å². The molecule has 21 heavy (non-hydrogen) atoms. The molecular weight excluding hydrogens is 266 g/mol. The van der Waals surface area contributed by atoms with Crippen molar-refractivity contribution in [3.63, 3.8) is 0 Å². The Kier molecular flexibility index (Phi) is 3.58. The summed E-state index contributed by atoms with van der Waals surface area (Å²) in [6, 6.07) is 11.6. The Labute approximate surface area is 122 Å². The van der Waals surface area contributed by atoms with Crippen LogP contribution in [-0.2, 0) is 13.5 Å². The lowest BCUT2D eigenvalue weighted by atomic mass is 10.0. The Hall–Kier alpha value is -2.40. The van der Waals surface area contributed by atoms with Gasteiger partial charge in [0.1, 0.15) is 0 Å². The predicted octanol–water partition coefficient (Wildman–Crippen LogP) is 2.25. The molecule has 0 aliphatic carbocycles. The molecule has 5 nitrogen and oxygen atoms in total. The summed E-state index contributed by atoms with van der Waals surface area (Å²) in [5.41, 5.74) is 2.60. The van der Waals surface area contributed by atoms with Gasteiger partial charge in [-0.15, -0.1) is 0 Å². The van der Waals surface area contributed by atoms with Crippen molar-refractivity contribution in [2.24, 2.45) is 7.05 Å². The molecular formula is C16H17N3O2. The van der Waals surface area contributed by atoms with Gasteiger partial charge in [0.25, 0.3) is 0 Å². The van der Waals surface area contributed by atoms with Crippen molar-refractivity contribution in [1.29, 1.82) is 0 Å². The van der Waals surface area contributed by atoms with Crippen LogP contribution in [0.3, 0.4) is 0 Å². The Morgan fingerprint density at radius 3 is 2.86 bits per heavy atom. The summed E-state index contributed by atoms with van der Waals surface area (Å²) in [4.78, 5) is 4.12. The summed E-state index contributed by atoms with van der Waals surface area (Å²) in [5, 5.41) is 16.0. The van der Waals surface area contributed by atoms with Crippen molar-refractivity contribution >= 4 is 10.9 Å². The van der Waals surface area contributed by atoms with E-state index in [9.17, 15) is 5.11 Å². The molecule has 1 aromatic carbocycles. The highest BCUT2D eigenvalue weighted by molar-refractivity contribution is 5.81. The maximum absolute atomic E-state index is 10.5. The molecule has 1 N–H and O–H groups in total. The first-order valence-corrected chi connectivity index (χ1v) is 6.78. The monoisotopic (exact) mass is 283 g/mol. The Morgan fingerprint density at radius 2 is 2.05 bits per heavy atom. The van der Waals surface area contributed by atoms with E-state index in [1.807, 2.05) is 42.1 Å². The third-order valence-corrected chi connectivity index (χ3v) is 3.57. The van der Waals surface area contributed by atoms with Crippen LogP contribution in [0, 0.1) is 0 Å². The molecule has 0 aliphatic rings. The quantitative estimate of drug-likeness (QED) is 0.798. The van der Waals surface area contributed by atoms with Crippen molar-refractivity contribution in [3.05, 3.63) is 53.9 Å². The number of nitrogens with zero attached hydrogens (tertiary/aromatic N) is 3. The number of ether oxygens (including phenoxy) is 1. The summed E-state index contributed by atoms with van der Waals surface area (Å²) < 4.78 is 7.03. The van der Waals surface area contributed by atoms with Gasteiger partial charge in [0.2, 0.25) is 5.88 Å². The predicted molar refractivity (Wildman–Crippen MR) is 80.2 cm³/mol. The summed E-state index contributed by atoms with van der Waals surface area (Å²) in [6.07, 6.45) is 1.36. The molecule has 108 valence electrons. The number of benzene rings is 1. The molecule has 2 aromatic heterocycles. The first-order chi connectivity index (χ1) is 10.2. The van der Waals surface area contributed by atoms with Crippen LogP contribution in [0.15, 0.2) is 42.6 Å². The van der Waals surface area contributed by atoms with Crippen LogP contribution in [0.2, 0.25) is 0 Å². The maximum atomic E-state index is 10.5. The first-order valence-electron chi connectivity index (χ1n) is 6.78. The van der Waals surface area contributed by atoms with Gasteiger partial charge < -0.3 is 9.84 Å². The number of aryl methyl sites for hydroxylation is 1. The summed E-state index contributed by atoms with van der Waals surface area (Å²) >= 11 is 0. The molecule has 1 atom stereocenters. The SMILES string of the molecule is COc1ncccc1C(O)Cc1nn(C)c2ccccc12. The number of rotatable bonds is 4. The Morgan fingerprint density at radius 1 is 1.24 bits per heavy atom. The van der Waals surface area contributed by atoms with Gasteiger partial charge in [-0.25, -0.2) is 4.98 Å². The smallest absolute Gasteiger partial charge is 0.218 e. The highest BCUT2D eigenvalue weighted by Crippen LogP contribution is 2.27. The number of fused-ring (bicyclic) bond motifs is 1. The second kappa shape index (κ2) is 5.54. The third kappa shape index (κ3) is 2.48. The normalized spacial score (nSPS) is 12.5. The van der Waals surface area contributed by atoms with Gasteiger partial charge in [0, 0.05) is 30.6 Å². The maximum Gasteiger partial charge on any atom is 0.218 e. The van der Waals surface area contributed by atoms with E-state index in [4.69, 9.17) is 4.74 Å². The Balaban J connectivity index is 1.95. The molecule has 0 amide bonds. The van der Waals surface area contributed by atoms with Gasteiger partial charge in [-0.3, -0.25) is 4.68 Å². The summed E-state index contributed by atoms with van der Waals surface area (Å²) in [6.45, 7) is 0. The molecule has 0 spiro atoms. The van der Waals surface area contributed by atoms with E-state index in [1.165, 1.54) is 0 Å². The number of aliphatic hydroxyl groups is 1. The second-order valence-electron chi connectivity index (χ2n) is 4.91. The van der Waals surface area contributed by atoms with Crippen molar-refractivity contribution in [2.75, 3.05) is 7.11 Å². The van der Waals surface area contributed by atoms with E-state index < -0.39 is 6.10 Å². The van der Waals surface area contributed by atoms with Crippen molar-refractivity contribution in [2.45, 2.75) is 12.5 Å². The summed E-state index contributed by atoms with van der Waals surface area (Å²) in [5.74, 6) is 0.449. The molecule has 0 bridgehead atoms. The summed E-state index contributed by atoms with van der Waals surface area (Å²) in [7, 11) is 3.46. The van der Waals surface area contributed by atoms with Crippen LogP contribution in [0.5, 0.6) is 5.88 Å². The highest BCUT2D eigenvalue weighted by atomic mass is 16.5. The fraction of sp³-hybridized carbons (Fsp3) is 0.250. The first kappa shape index (κ1) is 13.6. The fourth-order valence-corrected chi connectivity index (χ4v) is 2.56. The molecule has 0 aliphatic heterocycles. The molecule has 0 fully saturated rings. The number of pyridine rings is 1. The lowest BCUT2D eigenvalue weighted by Crippen LogP contribution is -2.06. The zero-order chi connectivity index (χ0) is 14.8. The number of aromatic nitrogens is 3. The zero-order valence-corrected chi connectivity index (χ0v) is 12.0. The van der Waals surface area contributed by atoms with E-state index >= 15 is 0 Å². The third-order valence-electron chi connectivity index (χ3n) is 3.57. The minimum absolute atomic E-state index is 0.420. The van der Waals surface area contributed by atoms with Crippen molar-refractivity contribution in [3.8, 4) is 5.88 Å². The largest absolute Gasteiger partial charge is 0.481 e. The van der Waals surface area contributed by atoms with E-state index in [0.717, 1.165) is 16.6 Å². The van der Waals surface area contributed by atoms with Crippen LogP contribution in [0.1, 0.15) is 17.4 Å². The van der Waals surface area contributed by atoms with Gasteiger partial charge in [0.05, 0.1) is 24.4 Å². The number of para-hydroxylation sites is 1. The molecule has 3 rings (SSSR count). The minimum atomic E-state index is -0.702. The van der Waals surface area contributed by atoms with Gasteiger partial charge >= 0.3 is 0 Å². The van der Waals surface area contributed by atoms with Crippen LogP contribution in [0.25, 0.3) is 10.9 Å². The molecule has 2 heterocycles. The molecule has 0 saturated heterocycles.